The van der Waals surface area contributed by atoms with Gasteiger partial charge in [-0.05, 0) is 16.8 Å². The maximum absolute atomic E-state index is 12.3. The van der Waals surface area contributed by atoms with Crippen LogP contribution in [0.2, 0.25) is 0 Å². The highest BCUT2D eigenvalue weighted by molar-refractivity contribution is 7.97. The van der Waals surface area contributed by atoms with Crippen molar-refractivity contribution in [1.82, 2.24) is 0 Å². The molecular weight excluding hydrogens is 272 g/mol. The Balaban J connectivity index is 2.13. The molecule has 0 heterocycles. The van der Waals surface area contributed by atoms with Gasteiger partial charge in [0.2, 0.25) is 5.78 Å². The van der Waals surface area contributed by atoms with Gasteiger partial charge in [0.05, 0.1) is 13.2 Å². The van der Waals surface area contributed by atoms with E-state index in [1.165, 1.54) is 0 Å². The van der Waals surface area contributed by atoms with Gasteiger partial charge in [-0.1, -0.05) is 36.4 Å². The van der Waals surface area contributed by atoms with Crippen molar-refractivity contribution in [2.24, 2.45) is 0 Å². The third kappa shape index (κ3) is 3.82. The first kappa shape index (κ1) is 15.0. The summed E-state index contributed by atoms with van der Waals surface area (Å²) in [5, 5.41) is 20.2. The first-order chi connectivity index (χ1) is 9.74. The van der Waals surface area contributed by atoms with Gasteiger partial charge in [-0.25, -0.2) is 0 Å². The van der Waals surface area contributed by atoms with Crippen LogP contribution in [0.3, 0.4) is 0 Å². The van der Waals surface area contributed by atoms with Crippen molar-refractivity contribution in [3.05, 3.63) is 48.0 Å². The summed E-state index contributed by atoms with van der Waals surface area (Å²) in [5.74, 6) is 1.65. The molecule has 106 valence electrons. The van der Waals surface area contributed by atoms with Crippen molar-refractivity contribution >= 4 is 27.5 Å². The number of Topliss-reactive ketones (excluding diaryl/α,β-unsaturated/α-hetero) is 1. The smallest absolute Gasteiger partial charge is 0.211 e. The molecule has 4 heteroatoms. The second kappa shape index (κ2) is 7.43. The van der Waals surface area contributed by atoms with Crippen LogP contribution < -0.4 is 0 Å². The second-order valence-corrected chi connectivity index (χ2v) is 6.93. The van der Waals surface area contributed by atoms with Crippen LogP contribution in [0, 0.1) is 0 Å². The Morgan fingerprint density at radius 3 is 2.25 bits per heavy atom. The van der Waals surface area contributed by atoms with Gasteiger partial charge < -0.3 is 10.2 Å². The largest absolute Gasteiger partial charge is 0.391 e. The minimum atomic E-state index is -0.238. The van der Waals surface area contributed by atoms with E-state index in [2.05, 4.69) is 0 Å². The molecule has 0 aliphatic rings. The molecule has 0 amide bonds. The van der Waals surface area contributed by atoms with Gasteiger partial charge in [-0.3, -0.25) is 4.79 Å². The van der Waals surface area contributed by atoms with Crippen LogP contribution in [-0.4, -0.2) is 46.5 Å². The lowest BCUT2D eigenvalue weighted by molar-refractivity contribution is 0.102. The van der Waals surface area contributed by atoms with Crippen LogP contribution in [0.5, 0.6) is 0 Å². The van der Waals surface area contributed by atoms with E-state index in [1.54, 1.807) is 0 Å². The molecule has 3 nitrogen and oxygen atoms in total. The molecule has 2 rings (SSSR count). The number of ketones is 1. The average molecular weight is 291 g/mol. The van der Waals surface area contributed by atoms with E-state index in [4.69, 9.17) is 10.2 Å². The lowest BCUT2D eigenvalue weighted by atomic mass is 10.1. The van der Waals surface area contributed by atoms with E-state index in [1.807, 2.05) is 42.5 Å². The predicted molar refractivity (Wildman–Crippen MR) is 84.4 cm³/mol. The fourth-order valence-electron chi connectivity index (χ4n) is 2.14. The van der Waals surface area contributed by atoms with Gasteiger partial charge in [0, 0.05) is 16.5 Å². The van der Waals surface area contributed by atoms with Gasteiger partial charge in [-0.2, -0.15) is 0 Å². The minimum absolute atomic E-state index is 0.0636. The minimum Gasteiger partial charge on any atom is -0.391 e. The number of aliphatic hydroxyl groups excluding tert-OH is 2. The first-order valence-electron chi connectivity index (χ1n) is 6.62. The van der Waals surface area contributed by atoms with Crippen molar-refractivity contribution in [3.8, 4) is 0 Å². The molecule has 0 aliphatic heterocycles. The van der Waals surface area contributed by atoms with Crippen LogP contribution >= 0.6 is 0 Å². The molecule has 0 radical (unpaired) electrons. The number of fused-ring (bicyclic) bond motifs is 1. The Kier molecular flexibility index (Phi) is 5.59. The summed E-state index contributed by atoms with van der Waals surface area (Å²) in [7, 11) is -0.238. The second-order valence-electron chi connectivity index (χ2n) is 4.60. The fourth-order valence-corrected chi connectivity index (χ4v) is 3.68. The summed E-state index contributed by atoms with van der Waals surface area (Å²) in [5.41, 5.74) is 0.706. The van der Waals surface area contributed by atoms with Crippen LogP contribution in [0.15, 0.2) is 42.5 Å². The SMILES string of the molecule is O=C(C[S+](CCO)CCO)c1ccc2ccccc2c1. The molecule has 0 unspecified atom stereocenters. The highest BCUT2D eigenvalue weighted by Crippen LogP contribution is 2.16. The summed E-state index contributed by atoms with van der Waals surface area (Å²) >= 11 is 0. The third-order valence-corrected chi connectivity index (χ3v) is 5.36. The molecule has 0 saturated heterocycles. The lowest BCUT2D eigenvalue weighted by Crippen LogP contribution is -2.25. The molecule has 20 heavy (non-hydrogen) atoms. The molecule has 2 aromatic carbocycles. The Morgan fingerprint density at radius 1 is 0.950 bits per heavy atom. The highest BCUT2D eigenvalue weighted by atomic mass is 32.2. The van der Waals surface area contributed by atoms with Gasteiger partial charge >= 0.3 is 0 Å². The van der Waals surface area contributed by atoms with E-state index in [0.717, 1.165) is 10.8 Å². The Labute approximate surface area is 121 Å². The molecule has 0 aromatic heterocycles. The van der Waals surface area contributed by atoms with E-state index >= 15 is 0 Å². The molecule has 0 atom stereocenters. The lowest BCUT2D eigenvalue weighted by Gasteiger charge is -2.06. The summed E-state index contributed by atoms with van der Waals surface area (Å²) in [6, 6.07) is 13.7. The number of aliphatic hydroxyl groups is 2. The van der Waals surface area contributed by atoms with Gasteiger partial charge in [0.25, 0.3) is 0 Å². The highest BCUT2D eigenvalue weighted by Gasteiger charge is 2.22. The number of carbonyl (C=O) groups is 1. The van der Waals surface area contributed by atoms with Crippen LogP contribution in [0.25, 0.3) is 10.8 Å². The number of benzene rings is 2. The monoisotopic (exact) mass is 291 g/mol. The van der Waals surface area contributed by atoms with Gasteiger partial charge in [0.15, 0.2) is 5.75 Å². The van der Waals surface area contributed by atoms with E-state index in [-0.39, 0.29) is 29.9 Å². The Morgan fingerprint density at radius 2 is 1.60 bits per heavy atom. The molecule has 0 spiro atoms. The summed E-state index contributed by atoms with van der Waals surface area (Å²) < 4.78 is 0. The molecule has 0 bridgehead atoms. The number of hydrogen-bond donors (Lipinski definition) is 2. The van der Waals surface area contributed by atoms with E-state index < -0.39 is 0 Å². The van der Waals surface area contributed by atoms with E-state index in [9.17, 15) is 4.79 Å². The first-order valence-corrected chi connectivity index (χ1v) is 8.35. The zero-order valence-corrected chi connectivity index (χ0v) is 12.1. The van der Waals surface area contributed by atoms with E-state index in [0.29, 0.717) is 22.8 Å². The van der Waals surface area contributed by atoms with Crippen LogP contribution in [0.1, 0.15) is 10.4 Å². The van der Waals surface area contributed by atoms with Crippen molar-refractivity contribution in [2.45, 2.75) is 0 Å². The van der Waals surface area contributed by atoms with Crippen molar-refractivity contribution in [1.29, 1.82) is 0 Å². The topological polar surface area (TPSA) is 57.5 Å². The molecule has 0 aliphatic carbocycles. The normalized spacial score (nSPS) is 11.2. The summed E-state index contributed by atoms with van der Waals surface area (Å²) in [4.78, 5) is 12.3. The van der Waals surface area contributed by atoms with Crippen molar-refractivity contribution in [3.63, 3.8) is 0 Å². The molecule has 2 N–H and O–H groups in total. The summed E-state index contributed by atoms with van der Waals surface area (Å²) in [6.07, 6.45) is 0. The van der Waals surface area contributed by atoms with Gasteiger partial charge in [-0.15, -0.1) is 0 Å². The quantitative estimate of drug-likeness (QED) is 0.602. The standard InChI is InChI=1S/C16H19O3S/c17-7-9-20(10-8-18)12-16(19)15-6-5-13-3-1-2-4-14(13)11-15/h1-6,11,17-18H,7-10,12H2/q+1. The maximum Gasteiger partial charge on any atom is 0.211 e. The number of hydrogen-bond acceptors (Lipinski definition) is 3. The average Bonchev–Trinajstić information content (AvgIpc) is 2.47. The molecule has 0 fully saturated rings. The molecule has 2 aromatic rings. The van der Waals surface area contributed by atoms with Crippen LogP contribution in [-0.2, 0) is 10.9 Å². The Bertz CT molecular complexity index is 577. The number of carbonyl (C=O) groups excluding carboxylic acids is 1. The number of rotatable bonds is 7. The predicted octanol–water partition coefficient (Wildman–Crippen LogP) is 1.63. The maximum atomic E-state index is 12.3. The molecular formula is C16H19O3S+. The zero-order chi connectivity index (χ0) is 14.4. The Hall–Kier alpha value is -1.36. The molecule has 0 saturated carbocycles. The fraction of sp³-hybridized carbons (Fsp3) is 0.312. The van der Waals surface area contributed by atoms with Crippen molar-refractivity contribution < 1.29 is 15.0 Å². The third-order valence-electron chi connectivity index (χ3n) is 3.17. The van der Waals surface area contributed by atoms with Gasteiger partial charge in [0.1, 0.15) is 11.5 Å². The van der Waals surface area contributed by atoms with Crippen molar-refractivity contribution in [2.75, 3.05) is 30.5 Å². The van der Waals surface area contributed by atoms with Crippen LogP contribution in [0.4, 0.5) is 0 Å². The summed E-state index contributed by atoms with van der Waals surface area (Å²) in [6.45, 7) is 0.127. The zero-order valence-electron chi connectivity index (χ0n) is 11.3.